The average molecular weight is 575 g/mol. The fourth-order valence-electron chi connectivity index (χ4n) is 3.38. The predicted molar refractivity (Wildman–Crippen MR) is 120 cm³/mol. The fourth-order valence-corrected chi connectivity index (χ4v) is 3.38. The number of ether oxygens (including phenoxy) is 1. The van der Waals surface area contributed by atoms with E-state index in [-0.39, 0.29) is 12.1 Å². The Morgan fingerprint density at radius 2 is 1.20 bits per heavy atom. The Morgan fingerprint density at radius 1 is 0.725 bits per heavy atom. The van der Waals surface area contributed by atoms with Crippen LogP contribution in [0.4, 0.5) is 47.8 Å². The van der Waals surface area contributed by atoms with Crippen LogP contribution in [0.3, 0.4) is 0 Å². The number of carbonyl (C=O) groups excluding carboxylic acids is 2. The maximum atomic E-state index is 14.0. The highest BCUT2D eigenvalue weighted by molar-refractivity contribution is 6.05. The Bertz CT molecular complexity index is 1430. The van der Waals surface area contributed by atoms with E-state index in [9.17, 15) is 60.6 Å². The van der Waals surface area contributed by atoms with Crippen LogP contribution in [0, 0.1) is 26.0 Å². The lowest BCUT2D eigenvalue weighted by atomic mass is 9.91. The topological polar surface area (TPSA) is 142 Å². The number of esters is 1. The zero-order valence-corrected chi connectivity index (χ0v) is 19.2. The van der Waals surface area contributed by atoms with E-state index in [1.54, 1.807) is 0 Å². The van der Waals surface area contributed by atoms with Gasteiger partial charge in [0, 0.05) is 23.4 Å². The highest BCUT2D eigenvalue weighted by atomic mass is 19.4. The van der Waals surface area contributed by atoms with Gasteiger partial charge in [0.15, 0.2) is 0 Å². The smallest absolute Gasteiger partial charge is 0.431 e. The Labute approximate surface area is 217 Å². The maximum Gasteiger partial charge on any atom is 0.442 e. The van der Waals surface area contributed by atoms with Crippen molar-refractivity contribution >= 4 is 28.9 Å². The summed E-state index contributed by atoms with van der Waals surface area (Å²) in [6.45, 7) is 0. The van der Waals surface area contributed by atoms with Crippen LogP contribution in [0.1, 0.15) is 26.3 Å². The number of hydrogen-bond acceptors (Lipinski definition) is 7. The number of nitro groups is 2. The van der Waals surface area contributed by atoms with Crippen molar-refractivity contribution in [1.82, 2.24) is 0 Å². The Balaban J connectivity index is 1.99. The molecule has 0 unspecified atom stereocenters. The number of carbonyl (C=O) groups is 2. The highest BCUT2D eigenvalue weighted by Gasteiger charge is 2.75. The number of amides is 1. The fraction of sp³-hybridized carbons (Fsp3) is 0.130. The molecule has 0 aliphatic rings. The minimum absolute atomic E-state index is 0.254. The lowest BCUT2D eigenvalue weighted by Crippen LogP contribution is -2.56. The van der Waals surface area contributed by atoms with Gasteiger partial charge in [-0.25, -0.2) is 9.18 Å². The first-order valence-electron chi connectivity index (χ1n) is 10.4. The molecule has 10 nitrogen and oxygen atoms in total. The summed E-state index contributed by atoms with van der Waals surface area (Å²) in [5.74, 6) is -4.22. The molecule has 210 valence electrons. The van der Waals surface area contributed by atoms with Crippen molar-refractivity contribution in [3.63, 3.8) is 0 Å². The van der Waals surface area contributed by atoms with E-state index in [1.165, 1.54) is 0 Å². The van der Waals surface area contributed by atoms with Crippen molar-refractivity contribution < 1.29 is 54.9 Å². The summed E-state index contributed by atoms with van der Waals surface area (Å²) in [7, 11) is 0. The number of anilines is 1. The molecule has 0 heterocycles. The van der Waals surface area contributed by atoms with Crippen molar-refractivity contribution in [2.45, 2.75) is 18.0 Å². The molecule has 0 aliphatic carbocycles. The number of halogens is 7. The van der Waals surface area contributed by atoms with E-state index in [2.05, 4.69) is 4.74 Å². The van der Waals surface area contributed by atoms with E-state index in [0.29, 0.717) is 54.6 Å². The standard InChI is InChI=1S/C23H12F7N3O7/c24-15-5-1-12(2-6-15)20(35)40-21(22(25,26)27,23(28,29)30)14-3-7-16(8-4-14)31-19(34)13-9-17(32(36)37)11-18(10-13)33(38)39/h1-11H,(H,31,34). The molecule has 0 radical (unpaired) electrons. The molecule has 0 aliphatic heterocycles. The third kappa shape index (κ3) is 5.82. The molecule has 0 fully saturated rings. The van der Waals surface area contributed by atoms with Crippen LogP contribution in [0.5, 0.6) is 0 Å². The maximum absolute atomic E-state index is 14.0. The monoisotopic (exact) mass is 575 g/mol. The second-order valence-electron chi connectivity index (χ2n) is 7.86. The Morgan fingerprint density at radius 3 is 1.62 bits per heavy atom. The molecule has 0 atom stereocenters. The molecule has 0 bridgehead atoms. The van der Waals surface area contributed by atoms with Gasteiger partial charge in [-0.1, -0.05) is 12.1 Å². The highest BCUT2D eigenvalue weighted by Crippen LogP contribution is 2.53. The van der Waals surface area contributed by atoms with E-state index < -0.39 is 79.2 Å². The van der Waals surface area contributed by atoms with Crippen LogP contribution in [-0.4, -0.2) is 34.1 Å². The van der Waals surface area contributed by atoms with E-state index >= 15 is 0 Å². The van der Waals surface area contributed by atoms with Crippen molar-refractivity contribution in [1.29, 1.82) is 0 Å². The number of nitrogens with zero attached hydrogens (tertiary/aromatic N) is 2. The molecule has 1 N–H and O–H groups in total. The normalized spacial score (nSPS) is 12.0. The van der Waals surface area contributed by atoms with Crippen molar-refractivity contribution in [3.8, 4) is 0 Å². The first kappa shape index (κ1) is 29.5. The van der Waals surface area contributed by atoms with Gasteiger partial charge >= 0.3 is 23.9 Å². The van der Waals surface area contributed by atoms with Gasteiger partial charge in [-0.15, -0.1) is 0 Å². The van der Waals surface area contributed by atoms with Gasteiger partial charge in [0.2, 0.25) is 0 Å². The molecule has 40 heavy (non-hydrogen) atoms. The molecule has 0 saturated heterocycles. The molecular weight excluding hydrogens is 563 g/mol. The lowest BCUT2D eigenvalue weighted by Gasteiger charge is -2.36. The molecule has 3 aromatic rings. The van der Waals surface area contributed by atoms with Crippen molar-refractivity contribution in [2.24, 2.45) is 0 Å². The van der Waals surface area contributed by atoms with Crippen molar-refractivity contribution in [2.75, 3.05) is 5.32 Å². The van der Waals surface area contributed by atoms with Crippen LogP contribution < -0.4 is 5.32 Å². The van der Waals surface area contributed by atoms with Crippen LogP contribution in [0.25, 0.3) is 0 Å². The number of hydrogen-bond donors (Lipinski definition) is 1. The number of nitrogens with one attached hydrogen (secondary N) is 1. The molecule has 17 heteroatoms. The van der Waals surface area contributed by atoms with Crippen LogP contribution >= 0.6 is 0 Å². The van der Waals surface area contributed by atoms with Crippen molar-refractivity contribution in [3.05, 3.63) is 109 Å². The summed E-state index contributed by atoms with van der Waals surface area (Å²) in [5, 5.41) is 24.0. The SMILES string of the molecule is O=C(Nc1ccc(C(OC(=O)c2ccc(F)cc2)(C(F)(F)F)C(F)(F)F)cc1)c1cc([N+](=O)[O-])cc([N+](=O)[O-])c1. The van der Waals surface area contributed by atoms with Crippen LogP contribution in [0.15, 0.2) is 66.7 Å². The first-order valence-corrected chi connectivity index (χ1v) is 10.4. The van der Waals surface area contributed by atoms with Gasteiger partial charge in [0.25, 0.3) is 17.3 Å². The van der Waals surface area contributed by atoms with E-state index in [1.807, 2.05) is 5.32 Å². The molecule has 1 amide bonds. The number of nitro benzene ring substituents is 2. The summed E-state index contributed by atoms with van der Waals surface area (Å²) in [6, 6.07) is 6.02. The molecule has 0 saturated carbocycles. The third-order valence-electron chi connectivity index (χ3n) is 5.26. The number of non-ortho nitro benzene ring substituents is 2. The number of rotatable bonds is 7. The van der Waals surface area contributed by atoms with Crippen LogP contribution in [-0.2, 0) is 10.3 Å². The van der Waals surface area contributed by atoms with Crippen LogP contribution in [0.2, 0.25) is 0 Å². The summed E-state index contributed by atoms with van der Waals surface area (Å²) in [6.07, 6.45) is -12.5. The molecular formula is C23H12F7N3O7. The van der Waals surface area contributed by atoms with Gasteiger partial charge in [-0.3, -0.25) is 25.0 Å². The summed E-state index contributed by atoms with van der Waals surface area (Å²) >= 11 is 0. The minimum Gasteiger partial charge on any atom is -0.431 e. The van der Waals surface area contributed by atoms with Gasteiger partial charge < -0.3 is 10.1 Å². The second-order valence-corrected chi connectivity index (χ2v) is 7.86. The predicted octanol–water partition coefficient (Wildman–Crippen LogP) is 6.07. The minimum atomic E-state index is -6.26. The summed E-state index contributed by atoms with van der Waals surface area (Å²) in [4.78, 5) is 44.7. The van der Waals surface area contributed by atoms with Gasteiger partial charge in [0.05, 0.1) is 27.0 Å². The summed E-state index contributed by atoms with van der Waals surface area (Å²) < 4.78 is 101. The van der Waals surface area contributed by atoms with Gasteiger partial charge in [-0.2, -0.15) is 26.3 Å². The lowest BCUT2D eigenvalue weighted by molar-refractivity contribution is -0.394. The molecule has 0 aromatic heterocycles. The van der Waals surface area contributed by atoms with Gasteiger partial charge in [-0.05, 0) is 36.4 Å². The van der Waals surface area contributed by atoms with E-state index in [4.69, 9.17) is 0 Å². The molecule has 0 spiro atoms. The number of benzene rings is 3. The largest absolute Gasteiger partial charge is 0.442 e. The summed E-state index contributed by atoms with van der Waals surface area (Å²) in [5.41, 5.74) is -10.3. The first-order chi connectivity index (χ1) is 18.5. The van der Waals surface area contributed by atoms with E-state index in [0.717, 1.165) is 0 Å². The zero-order chi connectivity index (χ0) is 30.0. The molecule has 3 aromatic carbocycles. The Kier molecular flexibility index (Phi) is 7.80. The van der Waals surface area contributed by atoms with Gasteiger partial charge in [0.1, 0.15) is 5.82 Å². The second kappa shape index (κ2) is 10.6. The Hall–Kier alpha value is -5.09. The third-order valence-corrected chi connectivity index (χ3v) is 5.26. The average Bonchev–Trinajstić information content (AvgIpc) is 2.86. The quantitative estimate of drug-likeness (QED) is 0.156. The molecule has 3 rings (SSSR count). The number of alkyl halides is 6. The zero-order valence-electron chi connectivity index (χ0n) is 19.2.